The highest BCUT2D eigenvalue weighted by atomic mass is 16.2. The van der Waals surface area contributed by atoms with Crippen LogP contribution in [0.4, 0.5) is 0 Å². The van der Waals surface area contributed by atoms with Gasteiger partial charge in [-0.15, -0.1) is 0 Å². The first-order valence-electron chi connectivity index (χ1n) is 12.2. The van der Waals surface area contributed by atoms with Gasteiger partial charge in [0.05, 0.1) is 0 Å². The molecule has 0 aromatic heterocycles. The molecule has 1 atom stereocenters. The Morgan fingerprint density at radius 1 is 0.969 bits per heavy atom. The lowest BCUT2D eigenvalue weighted by Crippen LogP contribution is -2.46. The Morgan fingerprint density at radius 2 is 1.72 bits per heavy atom. The van der Waals surface area contributed by atoms with Crippen LogP contribution in [0.15, 0.2) is 42.5 Å². The van der Waals surface area contributed by atoms with Gasteiger partial charge in [-0.05, 0) is 67.5 Å². The van der Waals surface area contributed by atoms with E-state index in [-0.39, 0.29) is 11.8 Å². The van der Waals surface area contributed by atoms with Gasteiger partial charge >= 0.3 is 0 Å². The minimum absolute atomic E-state index is 0.0476. The molecule has 2 aromatic carbocycles. The van der Waals surface area contributed by atoms with Crippen molar-refractivity contribution in [2.75, 3.05) is 26.2 Å². The second-order valence-corrected chi connectivity index (χ2v) is 9.43. The van der Waals surface area contributed by atoms with Crippen LogP contribution in [0.5, 0.6) is 0 Å². The average molecular weight is 432 g/mol. The van der Waals surface area contributed by atoms with Crippen molar-refractivity contribution in [1.29, 1.82) is 0 Å². The Morgan fingerprint density at radius 3 is 2.47 bits per heavy atom. The second kappa shape index (κ2) is 9.07. The van der Waals surface area contributed by atoms with E-state index in [2.05, 4.69) is 21.2 Å². The van der Waals surface area contributed by atoms with Crippen molar-refractivity contribution < 1.29 is 9.59 Å². The molecule has 2 aromatic rings. The molecule has 0 radical (unpaired) electrons. The quantitative estimate of drug-likeness (QED) is 0.775. The van der Waals surface area contributed by atoms with Crippen LogP contribution in [0.25, 0.3) is 11.1 Å². The highest BCUT2D eigenvalue weighted by molar-refractivity contribution is 5.98. The van der Waals surface area contributed by atoms with E-state index in [1.54, 1.807) is 0 Å². The largest absolute Gasteiger partial charge is 0.352 e. The van der Waals surface area contributed by atoms with E-state index in [1.165, 1.54) is 25.7 Å². The van der Waals surface area contributed by atoms with Gasteiger partial charge in [-0.2, -0.15) is 0 Å². The minimum atomic E-state index is -0.0476. The normalized spacial score (nSPS) is 21.7. The van der Waals surface area contributed by atoms with Gasteiger partial charge in [0.15, 0.2) is 0 Å². The lowest BCUT2D eigenvalue weighted by molar-refractivity contribution is 0.0658. The summed E-state index contributed by atoms with van der Waals surface area (Å²) in [6.07, 6.45) is 7.39. The zero-order valence-electron chi connectivity index (χ0n) is 19.0. The highest BCUT2D eigenvalue weighted by Gasteiger charge is 2.36. The van der Waals surface area contributed by atoms with Gasteiger partial charge in [-0.25, -0.2) is 0 Å². The van der Waals surface area contributed by atoms with E-state index in [9.17, 15) is 9.59 Å². The summed E-state index contributed by atoms with van der Waals surface area (Å²) in [5, 5.41) is 2.83. The fourth-order valence-corrected chi connectivity index (χ4v) is 5.73. The molecule has 2 fully saturated rings. The fourth-order valence-electron chi connectivity index (χ4n) is 5.73. The van der Waals surface area contributed by atoms with Gasteiger partial charge in [0, 0.05) is 49.4 Å². The highest BCUT2D eigenvalue weighted by Crippen LogP contribution is 2.31. The Kier molecular flexibility index (Phi) is 6.01. The fraction of sp³-hybridized carbons (Fsp3) is 0.481. The summed E-state index contributed by atoms with van der Waals surface area (Å²) in [4.78, 5) is 30.1. The molecule has 168 valence electrons. The van der Waals surface area contributed by atoms with Crippen molar-refractivity contribution >= 4 is 11.8 Å². The zero-order chi connectivity index (χ0) is 22.1. The Bertz CT molecular complexity index is 994. The molecule has 0 bridgehead atoms. The summed E-state index contributed by atoms with van der Waals surface area (Å²) >= 11 is 0. The monoisotopic (exact) mass is 431 g/mol. The number of amides is 2. The molecule has 3 aliphatic rings. The lowest BCUT2D eigenvalue weighted by Gasteiger charge is -2.34. The van der Waals surface area contributed by atoms with E-state index >= 15 is 0 Å². The van der Waals surface area contributed by atoms with Gasteiger partial charge < -0.3 is 10.2 Å². The molecule has 32 heavy (non-hydrogen) atoms. The van der Waals surface area contributed by atoms with Crippen LogP contribution < -0.4 is 5.32 Å². The van der Waals surface area contributed by atoms with Crippen molar-refractivity contribution in [3.8, 4) is 11.1 Å². The van der Waals surface area contributed by atoms with Gasteiger partial charge in [-0.3, -0.25) is 14.5 Å². The molecule has 1 N–H and O–H groups in total. The maximum Gasteiger partial charge on any atom is 0.254 e. The maximum atomic E-state index is 13.3. The van der Waals surface area contributed by atoms with Crippen molar-refractivity contribution in [3.05, 3.63) is 59.2 Å². The molecular formula is C27H33N3O2. The van der Waals surface area contributed by atoms with Crippen molar-refractivity contribution in [3.63, 3.8) is 0 Å². The maximum absolute atomic E-state index is 13.3. The van der Waals surface area contributed by atoms with Crippen molar-refractivity contribution in [2.45, 2.75) is 57.5 Å². The molecule has 0 spiro atoms. The number of hydrogen-bond acceptors (Lipinski definition) is 3. The molecular weight excluding hydrogens is 398 g/mol. The molecule has 0 unspecified atom stereocenters. The number of nitrogens with zero attached hydrogens (tertiary/aromatic N) is 2. The number of benzene rings is 2. The van der Waals surface area contributed by atoms with Gasteiger partial charge in [0.1, 0.15) is 0 Å². The molecule has 5 heteroatoms. The zero-order valence-corrected chi connectivity index (χ0v) is 19.0. The second-order valence-electron chi connectivity index (χ2n) is 9.43. The summed E-state index contributed by atoms with van der Waals surface area (Å²) in [5.74, 6) is 0.149. The minimum Gasteiger partial charge on any atom is -0.352 e. The molecule has 5 nitrogen and oxygen atoms in total. The molecule has 1 aliphatic carbocycles. The first kappa shape index (κ1) is 21.2. The van der Waals surface area contributed by atoms with Crippen molar-refractivity contribution in [1.82, 2.24) is 15.1 Å². The molecule has 5 rings (SSSR count). The van der Waals surface area contributed by atoms with Gasteiger partial charge in [0.2, 0.25) is 0 Å². The molecule has 2 heterocycles. The molecule has 2 amide bonds. The van der Waals surface area contributed by atoms with Crippen LogP contribution in [-0.4, -0.2) is 59.9 Å². The first-order valence-corrected chi connectivity index (χ1v) is 12.2. The first-order chi connectivity index (χ1) is 15.6. The Labute approximate surface area is 190 Å². The molecule has 1 saturated carbocycles. The number of carbonyl (C=O) groups excluding carboxylic acids is 2. The third kappa shape index (κ3) is 4.06. The van der Waals surface area contributed by atoms with Crippen LogP contribution in [-0.2, 0) is 6.42 Å². The summed E-state index contributed by atoms with van der Waals surface area (Å²) < 4.78 is 0. The number of fused-ring (bicyclic) bond motifs is 1. The molecule has 1 saturated heterocycles. The summed E-state index contributed by atoms with van der Waals surface area (Å²) in [7, 11) is 0. The number of hydrogen-bond donors (Lipinski definition) is 1. The van der Waals surface area contributed by atoms with E-state index in [0.717, 1.165) is 60.8 Å². The van der Waals surface area contributed by atoms with E-state index in [1.807, 2.05) is 43.3 Å². The predicted octanol–water partition coefficient (Wildman–Crippen LogP) is 4.12. The SMILES string of the molecule is CCNC(=O)c1ccc(-c2ccc3c(c2)CCN([C@@H]2CCN(C4CCCC4)C2)C3=O)cc1. The number of nitrogens with one attached hydrogen (secondary N) is 1. The van der Waals surface area contributed by atoms with Gasteiger partial charge in [-0.1, -0.05) is 37.1 Å². The van der Waals surface area contributed by atoms with Crippen LogP contribution >= 0.6 is 0 Å². The summed E-state index contributed by atoms with van der Waals surface area (Å²) in [6.45, 7) is 5.53. The average Bonchev–Trinajstić information content (AvgIpc) is 3.52. The van der Waals surface area contributed by atoms with Crippen LogP contribution in [0, 0.1) is 0 Å². The smallest absolute Gasteiger partial charge is 0.254 e. The van der Waals surface area contributed by atoms with Crippen molar-refractivity contribution in [2.24, 2.45) is 0 Å². The van der Waals surface area contributed by atoms with E-state index in [0.29, 0.717) is 18.2 Å². The van der Waals surface area contributed by atoms with Gasteiger partial charge in [0.25, 0.3) is 11.8 Å². The lowest BCUT2D eigenvalue weighted by atomic mass is 9.93. The van der Waals surface area contributed by atoms with Crippen LogP contribution in [0.3, 0.4) is 0 Å². The van der Waals surface area contributed by atoms with E-state index in [4.69, 9.17) is 0 Å². The number of rotatable bonds is 5. The third-order valence-corrected chi connectivity index (χ3v) is 7.51. The summed E-state index contributed by atoms with van der Waals surface area (Å²) in [5.41, 5.74) is 4.84. The Balaban J connectivity index is 1.29. The van der Waals surface area contributed by atoms with E-state index < -0.39 is 0 Å². The third-order valence-electron chi connectivity index (χ3n) is 7.51. The van der Waals surface area contributed by atoms with Crippen LogP contribution in [0.2, 0.25) is 0 Å². The summed E-state index contributed by atoms with van der Waals surface area (Å²) in [6, 6.07) is 15.0. The predicted molar refractivity (Wildman–Crippen MR) is 127 cm³/mol. The standard InChI is InChI=1S/C27H33N3O2/c1-2-28-26(31)20-9-7-19(8-10-20)21-11-12-25-22(17-21)13-16-30(27(25)32)24-14-15-29(18-24)23-5-3-4-6-23/h7-12,17,23-24H,2-6,13-16,18H2,1H3,(H,28,31)/t24-/m1/s1. The number of carbonyl (C=O) groups is 2. The Hall–Kier alpha value is -2.66. The molecule has 2 aliphatic heterocycles. The van der Waals surface area contributed by atoms with Crippen LogP contribution in [0.1, 0.15) is 65.3 Å². The number of likely N-dealkylation sites (tertiary alicyclic amines) is 1. The topological polar surface area (TPSA) is 52.7 Å².